The maximum atomic E-state index is 12.6. The Hall–Kier alpha value is -8.45. The predicted molar refractivity (Wildman–Crippen MR) is 520 cm³/mol. The van der Waals surface area contributed by atoms with Gasteiger partial charge in [0.2, 0.25) is 20.5 Å². The van der Waals surface area contributed by atoms with Crippen molar-refractivity contribution in [2.45, 2.75) is 253 Å². The smallest absolute Gasteiger partial charge is 0.297 e. The van der Waals surface area contributed by atoms with Crippen molar-refractivity contribution in [3.63, 3.8) is 0 Å². The van der Waals surface area contributed by atoms with Crippen LogP contribution >= 0.6 is 45.3 Å². The van der Waals surface area contributed by atoms with Crippen LogP contribution in [0.4, 0.5) is 66.0 Å². The topological polar surface area (TPSA) is 381 Å². The summed E-state index contributed by atoms with van der Waals surface area (Å²) in [5.41, 5.74) is 19.6. The number of aryl methyl sites for hydroxylation is 2. The van der Waals surface area contributed by atoms with E-state index in [1.807, 2.05) is 24.3 Å². The largest absolute Gasteiger partial charge is 0.371 e. The number of azo groups is 4. The molecule has 0 bridgehead atoms. The number of hydrogen-bond donors (Lipinski definition) is 4. The van der Waals surface area contributed by atoms with Crippen LogP contribution in [0.25, 0.3) is 40.9 Å². The zero-order valence-electron chi connectivity index (χ0n) is 76.0. The van der Waals surface area contributed by atoms with Gasteiger partial charge in [0, 0.05) is 106 Å². The Bertz CT molecular complexity index is 6740. The average molecular weight is 2030 g/mol. The van der Waals surface area contributed by atoms with Gasteiger partial charge in [-0.25, -0.2) is 19.9 Å². The first kappa shape index (κ1) is 98.1. The molecule has 2 atom stereocenters. The Morgan fingerprint density at radius 2 is 0.583 bits per heavy atom. The molecule has 2 unspecified atom stereocenters. The van der Waals surface area contributed by atoms with Crippen LogP contribution in [0.15, 0.2) is 158 Å². The van der Waals surface area contributed by atoms with Gasteiger partial charge < -0.3 is 19.6 Å². The molecule has 4 N–H and O–H groups in total. The number of benzene rings is 8. The molecule has 0 radical (unpaired) electrons. The summed E-state index contributed by atoms with van der Waals surface area (Å²) in [4.78, 5) is 26.7. The zero-order chi connectivity index (χ0) is 92.3. The van der Waals surface area contributed by atoms with E-state index in [0.29, 0.717) is 92.1 Å². The molecule has 8 aliphatic rings. The molecule has 0 amide bonds. The zero-order valence-corrected chi connectivity index (χ0v) is 84.5. The van der Waals surface area contributed by atoms with Gasteiger partial charge in [0.05, 0.1) is 40.9 Å². The Kier molecular flexibility index (Phi) is 28.4. The molecular weight excluding hydrogens is 1920 g/mol. The molecule has 132 heavy (non-hydrogen) atoms. The molecule has 0 aliphatic carbocycles. The van der Waals surface area contributed by atoms with Crippen LogP contribution < -0.4 is 19.6 Å². The number of anilines is 4. The van der Waals surface area contributed by atoms with Crippen molar-refractivity contribution < 1.29 is 84.9 Å². The quantitative estimate of drug-likeness (QED) is 0.0396. The maximum absolute atomic E-state index is 12.6. The normalized spacial score (nSPS) is 18.0. The number of hydrogen-bond acceptors (Lipinski definition) is 28. The van der Waals surface area contributed by atoms with Crippen molar-refractivity contribution in [2.24, 2.45) is 40.9 Å². The molecule has 704 valence electrons. The van der Waals surface area contributed by atoms with Crippen LogP contribution in [0, 0.1) is 0 Å². The summed E-state index contributed by atoms with van der Waals surface area (Å²) in [6.07, 6.45) is 11.4. The SMILES string of the molecule is CC(C)c1ccc2nc(N=Nc3cc4c5c(c3S(=O)(=O)O)CCCN5C(C)(C)CC4C)sc2c1.CC(C)c1ccc2nc(N=Nc3cc4c5c(c3S(=O)(=O)O)CCCN5C(C)(C)CC4C)sc2c1.CC(C)c1ccc2nc(N=Nc3cc4c5c(c3S(=O)(=O)O)CCCN5CCC4)sc2c1.CC(C)c1ccc2nc(N=Nc3cc4c5c(c3S(=O)(=O)O)CCCN5CCC4)sc2c1.[Ni].[Ni]. The molecule has 38 heteroatoms. The van der Waals surface area contributed by atoms with Gasteiger partial charge in [-0.05, 0) is 293 Å². The van der Waals surface area contributed by atoms with Crippen molar-refractivity contribution in [2.75, 3.05) is 58.9 Å². The summed E-state index contributed by atoms with van der Waals surface area (Å²) in [5, 5.41) is 36.3. The molecule has 8 aliphatic heterocycles. The van der Waals surface area contributed by atoms with Gasteiger partial charge in [-0.15, -0.1) is 40.9 Å². The van der Waals surface area contributed by atoms with Gasteiger partial charge in [-0.2, -0.15) is 33.7 Å². The molecule has 12 aromatic rings. The fourth-order valence-electron chi connectivity index (χ4n) is 20.3. The van der Waals surface area contributed by atoms with E-state index >= 15 is 0 Å². The molecule has 12 heterocycles. The van der Waals surface area contributed by atoms with Gasteiger partial charge in [-0.1, -0.05) is 139 Å². The van der Waals surface area contributed by atoms with Crippen molar-refractivity contribution in [1.82, 2.24) is 19.9 Å². The van der Waals surface area contributed by atoms with Crippen LogP contribution in [0.3, 0.4) is 0 Å². The second-order valence-corrected chi connectivity index (χ2v) is 47.1. The minimum Gasteiger partial charge on any atom is -0.371 e. The summed E-state index contributed by atoms with van der Waals surface area (Å²) in [5.74, 6) is 2.13. The number of fused-ring (bicyclic) bond motifs is 4. The molecule has 28 nitrogen and oxygen atoms in total. The van der Waals surface area contributed by atoms with Crippen molar-refractivity contribution in [3.8, 4) is 0 Å². The molecule has 4 aromatic heterocycles. The summed E-state index contributed by atoms with van der Waals surface area (Å²) < 4.78 is 144. The minimum atomic E-state index is -4.50. The summed E-state index contributed by atoms with van der Waals surface area (Å²) in [6.45, 7) is 35.6. The van der Waals surface area contributed by atoms with Crippen LogP contribution in [-0.2, 0) is 112 Å². The number of rotatable bonds is 16. The van der Waals surface area contributed by atoms with Gasteiger partial charge in [0.1, 0.15) is 42.3 Å². The van der Waals surface area contributed by atoms with Gasteiger partial charge in [0.15, 0.2) is 0 Å². The first-order chi connectivity index (χ1) is 61.5. The second-order valence-electron chi connectivity index (χ2n) is 37.7. The maximum Gasteiger partial charge on any atom is 0.297 e. The summed E-state index contributed by atoms with van der Waals surface area (Å²) in [6, 6.07) is 31.7. The Morgan fingerprint density at radius 3 is 0.841 bits per heavy atom. The molecule has 0 saturated carbocycles. The number of thiazole rings is 4. The number of aromatic nitrogens is 4. The average Bonchev–Trinajstić information content (AvgIpc) is 0.764. The summed E-state index contributed by atoms with van der Waals surface area (Å²) in [7, 11) is -17.9. The van der Waals surface area contributed by atoms with E-state index in [1.54, 1.807) is 24.3 Å². The molecule has 0 fully saturated rings. The molecule has 8 aromatic carbocycles. The minimum absolute atomic E-state index is 0. The van der Waals surface area contributed by atoms with E-state index in [1.165, 1.54) is 67.6 Å². The monoisotopic (exact) mass is 2020 g/mol. The predicted octanol–water partition coefficient (Wildman–Crippen LogP) is 25.8. The summed E-state index contributed by atoms with van der Waals surface area (Å²) >= 11 is 5.68. The Labute approximate surface area is 807 Å². The van der Waals surface area contributed by atoms with Crippen LogP contribution in [0.5, 0.6) is 0 Å². The van der Waals surface area contributed by atoms with Crippen LogP contribution in [-0.4, -0.2) is 122 Å². The first-order valence-electron chi connectivity index (χ1n) is 44.5. The van der Waals surface area contributed by atoms with Crippen LogP contribution in [0.2, 0.25) is 0 Å². The molecule has 20 rings (SSSR count). The van der Waals surface area contributed by atoms with E-state index < -0.39 is 40.5 Å². The van der Waals surface area contributed by atoms with Crippen molar-refractivity contribution in [1.29, 1.82) is 0 Å². The Balaban J connectivity index is 0.000000134. The fourth-order valence-corrected chi connectivity index (χ4v) is 27.1. The van der Waals surface area contributed by atoms with Gasteiger partial charge in [0.25, 0.3) is 40.5 Å². The van der Waals surface area contributed by atoms with Crippen molar-refractivity contribution >= 4 is 193 Å². The third-order valence-corrected chi connectivity index (χ3v) is 33.7. The first-order valence-corrected chi connectivity index (χ1v) is 53.6. The third-order valence-electron chi connectivity index (χ3n) is 26.2. The van der Waals surface area contributed by atoms with Gasteiger partial charge in [-0.3, -0.25) is 18.2 Å². The molecular formula is C94H108N16Ni2O12S8. The Morgan fingerprint density at radius 1 is 0.341 bits per heavy atom. The van der Waals surface area contributed by atoms with Crippen molar-refractivity contribution in [3.05, 3.63) is 164 Å². The van der Waals surface area contributed by atoms with E-state index in [4.69, 9.17) is 0 Å². The second kappa shape index (κ2) is 38.3. The van der Waals surface area contributed by atoms with E-state index in [-0.39, 0.29) is 98.2 Å². The standard InChI is InChI=1S/2C25H30N4O3S2.2C22H24N4O3S2.2Ni/c2*1-14(2)16-8-9-19-21(11-16)33-24(26-19)28-27-20-12-18-15(3)13-25(4,5)29-10-6-7-17(22(18)29)23(20)34(30,31)32;2*1-13(2)14-7-8-17-19(12-14)30-22(23-17)25-24-18-11-15-5-3-9-26-10-4-6-16(20(15)26)21(18)31(27,28)29;;/h2*8-9,11-12,14-15H,6-7,10,13H2,1-5H3,(H,30,31,32);2*7-8,11-13H,3-6,9-10H2,1-2H3,(H,27,28,29);;. The molecule has 0 spiro atoms. The number of nitrogens with zero attached hydrogens (tertiary/aromatic N) is 16. The fraction of sp³-hybridized carbons (Fsp3) is 0.447. The third kappa shape index (κ3) is 20.0. The van der Waals surface area contributed by atoms with E-state index in [9.17, 15) is 51.9 Å². The van der Waals surface area contributed by atoms with Gasteiger partial charge >= 0.3 is 0 Å². The van der Waals surface area contributed by atoms with Crippen LogP contribution in [0.1, 0.15) is 251 Å². The van der Waals surface area contributed by atoms with E-state index in [2.05, 4.69) is 226 Å². The van der Waals surface area contributed by atoms with E-state index in [0.717, 1.165) is 189 Å². The molecule has 0 saturated heterocycles.